The molecule has 0 heterocycles. The van der Waals surface area contributed by atoms with E-state index in [2.05, 4.69) is 26.1 Å². The second kappa shape index (κ2) is 7.05. The lowest BCUT2D eigenvalue weighted by Gasteiger charge is -2.19. The first kappa shape index (κ1) is 17.4. The number of ether oxygens (including phenoxy) is 1. The molecule has 0 bridgehead atoms. The van der Waals surface area contributed by atoms with Crippen molar-refractivity contribution in [3.8, 4) is 5.75 Å². The van der Waals surface area contributed by atoms with E-state index < -0.39 is 0 Å². The molecule has 2 rings (SSSR count). The lowest BCUT2D eigenvalue weighted by molar-refractivity contribution is 0.102. The van der Waals surface area contributed by atoms with Crippen LogP contribution in [0.1, 0.15) is 43.6 Å². The molecule has 0 radical (unpaired) electrons. The van der Waals surface area contributed by atoms with Crippen molar-refractivity contribution in [3.05, 3.63) is 58.6 Å². The van der Waals surface area contributed by atoms with Crippen molar-refractivity contribution < 1.29 is 9.53 Å². The quantitative estimate of drug-likeness (QED) is 0.826. The number of halogens is 1. The van der Waals surface area contributed by atoms with Gasteiger partial charge in [0.1, 0.15) is 5.75 Å². The third-order valence-corrected chi connectivity index (χ3v) is 3.74. The standard InChI is InChI=1S/C19H22ClNO2/c1-5-23-17-11-10-15(20)12-16(17)21-18(22)13-6-8-14(9-7-13)19(2,3)4/h6-12H,5H2,1-4H3,(H,21,22). The van der Waals surface area contributed by atoms with Gasteiger partial charge >= 0.3 is 0 Å². The number of benzene rings is 2. The number of amides is 1. The summed E-state index contributed by atoms with van der Waals surface area (Å²) in [4.78, 5) is 12.4. The van der Waals surface area contributed by atoms with Gasteiger partial charge in [-0.05, 0) is 48.2 Å². The fourth-order valence-electron chi connectivity index (χ4n) is 2.20. The van der Waals surface area contributed by atoms with Gasteiger partial charge in [0.15, 0.2) is 0 Å². The van der Waals surface area contributed by atoms with E-state index >= 15 is 0 Å². The molecule has 0 spiro atoms. The largest absolute Gasteiger partial charge is 0.492 e. The molecule has 0 aliphatic carbocycles. The molecule has 0 saturated heterocycles. The summed E-state index contributed by atoms with van der Waals surface area (Å²) in [5.41, 5.74) is 2.42. The van der Waals surface area contributed by atoms with Crippen molar-refractivity contribution in [2.75, 3.05) is 11.9 Å². The van der Waals surface area contributed by atoms with Gasteiger partial charge in [0.25, 0.3) is 5.91 Å². The van der Waals surface area contributed by atoms with Crippen molar-refractivity contribution in [3.63, 3.8) is 0 Å². The predicted octanol–water partition coefficient (Wildman–Crippen LogP) is 5.29. The van der Waals surface area contributed by atoms with E-state index in [1.165, 1.54) is 5.56 Å². The van der Waals surface area contributed by atoms with Gasteiger partial charge in [-0.25, -0.2) is 0 Å². The van der Waals surface area contributed by atoms with Gasteiger partial charge < -0.3 is 10.1 Å². The number of carbonyl (C=O) groups excluding carboxylic acids is 1. The minimum absolute atomic E-state index is 0.0596. The van der Waals surface area contributed by atoms with E-state index in [0.29, 0.717) is 28.6 Å². The number of carbonyl (C=O) groups is 1. The van der Waals surface area contributed by atoms with Crippen LogP contribution in [0.15, 0.2) is 42.5 Å². The van der Waals surface area contributed by atoms with Gasteiger partial charge in [0.05, 0.1) is 12.3 Å². The van der Waals surface area contributed by atoms with Crippen LogP contribution in [-0.2, 0) is 5.41 Å². The topological polar surface area (TPSA) is 38.3 Å². The van der Waals surface area contributed by atoms with Crippen LogP contribution in [0.4, 0.5) is 5.69 Å². The Morgan fingerprint density at radius 2 is 1.78 bits per heavy atom. The summed E-state index contributed by atoms with van der Waals surface area (Å²) >= 11 is 6.01. The summed E-state index contributed by atoms with van der Waals surface area (Å²) in [5, 5.41) is 3.41. The number of anilines is 1. The molecule has 3 nitrogen and oxygen atoms in total. The zero-order valence-electron chi connectivity index (χ0n) is 13.9. The third-order valence-electron chi connectivity index (χ3n) is 3.50. The van der Waals surface area contributed by atoms with Crippen LogP contribution >= 0.6 is 11.6 Å². The summed E-state index contributed by atoms with van der Waals surface area (Å²) in [6, 6.07) is 12.8. The highest BCUT2D eigenvalue weighted by Crippen LogP contribution is 2.29. The highest BCUT2D eigenvalue weighted by atomic mass is 35.5. The molecule has 0 saturated carbocycles. The van der Waals surface area contributed by atoms with Crippen LogP contribution in [-0.4, -0.2) is 12.5 Å². The molecule has 0 aliphatic rings. The highest BCUT2D eigenvalue weighted by molar-refractivity contribution is 6.31. The van der Waals surface area contributed by atoms with E-state index in [-0.39, 0.29) is 11.3 Å². The third kappa shape index (κ3) is 4.49. The normalized spacial score (nSPS) is 11.2. The zero-order chi connectivity index (χ0) is 17.0. The summed E-state index contributed by atoms with van der Waals surface area (Å²) < 4.78 is 5.52. The highest BCUT2D eigenvalue weighted by Gasteiger charge is 2.15. The first-order chi connectivity index (χ1) is 10.8. The van der Waals surface area contributed by atoms with Crippen LogP contribution in [0.5, 0.6) is 5.75 Å². The molecule has 0 atom stereocenters. The lowest BCUT2D eigenvalue weighted by atomic mass is 9.87. The summed E-state index contributed by atoms with van der Waals surface area (Å²) in [7, 11) is 0. The van der Waals surface area contributed by atoms with Crippen molar-refractivity contribution in [2.45, 2.75) is 33.1 Å². The summed E-state index contributed by atoms with van der Waals surface area (Å²) in [5.74, 6) is 0.422. The number of rotatable bonds is 4. The molecule has 1 amide bonds. The van der Waals surface area contributed by atoms with Crippen LogP contribution in [0, 0.1) is 0 Å². The monoisotopic (exact) mass is 331 g/mol. The van der Waals surface area contributed by atoms with E-state index in [4.69, 9.17) is 16.3 Å². The molecule has 0 aliphatic heterocycles. The first-order valence-corrected chi connectivity index (χ1v) is 8.03. The van der Waals surface area contributed by atoms with Crippen molar-refractivity contribution in [1.29, 1.82) is 0 Å². The predicted molar refractivity (Wildman–Crippen MR) is 95.7 cm³/mol. The average molecular weight is 332 g/mol. The van der Waals surface area contributed by atoms with Crippen LogP contribution in [0.2, 0.25) is 5.02 Å². The molecule has 0 unspecified atom stereocenters. The maximum absolute atomic E-state index is 12.4. The molecular weight excluding hydrogens is 310 g/mol. The molecule has 1 N–H and O–H groups in total. The molecule has 0 fully saturated rings. The number of hydrogen-bond acceptors (Lipinski definition) is 2. The minimum atomic E-state index is -0.186. The summed E-state index contributed by atoms with van der Waals surface area (Å²) in [6.07, 6.45) is 0. The number of nitrogens with one attached hydrogen (secondary N) is 1. The van der Waals surface area contributed by atoms with Crippen molar-refractivity contribution in [2.24, 2.45) is 0 Å². The Morgan fingerprint density at radius 3 is 2.35 bits per heavy atom. The molecule has 122 valence electrons. The molecule has 0 aromatic heterocycles. The second-order valence-electron chi connectivity index (χ2n) is 6.35. The maximum atomic E-state index is 12.4. The fourth-order valence-corrected chi connectivity index (χ4v) is 2.37. The van der Waals surface area contributed by atoms with Crippen LogP contribution < -0.4 is 10.1 Å². The van der Waals surface area contributed by atoms with Gasteiger partial charge in [-0.2, -0.15) is 0 Å². The van der Waals surface area contributed by atoms with Gasteiger partial charge in [0.2, 0.25) is 0 Å². The smallest absolute Gasteiger partial charge is 0.255 e. The Morgan fingerprint density at radius 1 is 1.13 bits per heavy atom. The second-order valence-corrected chi connectivity index (χ2v) is 6.79. The minimum Gasteiger partial charge on any atom is -0.492 e. The average Bonchev–Trinajstić information content (AvgIpc) is 2.49. The van der Waals surface area contributed by atoms with E-state index in [9.17, 15) is 4.79 Å². The van der Waals surface area contributed by atoms with Crippen LogP contribution in [0.25, 0.3) is 0 Å². The molecule has 4 heteroatoms. The SMILES string of the molecule is CCOc1ccc(Cl)cc1NC(=O)c1ccc(C(C)(C)C)cc1. The van der Waals surface area contributed by atoms with Gasteiger partial charge in [-0.1, -0.05) is 44.5 Å². The Bertz CT molecular complexity index is 688. The van der Waals surface area contributed by atoms with Crippen LogP contribution in [0.3, 0.4) is 0 Å². The molecule has 2 aromatic rings. The van der Waals surface area contributed by atoms with E-state index in [1.807, 2.05) is 31.2 Å². The van der Waals surface area contributed by atoms with Gasteiger partial charge in [-0.15, -0.1) is 0 Å². The Labute approximate surface area is 142 Å². The Hall–Kier alpha value is -2.00. The van der Waals surface area contributed by atoms with Gasteiger partial charge in [-0.3, -0.25) is 4.79 Å². The first-order valence-electron chi connectivity index (χ1n) is 7.65. The molecular formula is C19H22ClNO2. The zero-order valence-corrected chi connectivity index (χ0v) is 14.7. The lowest BCUT2D eigenvalue weighted by Crippen LogP contribution is -2.15. The van der Waals surface area contributed by atoms with Crippen molar-refractivity contribution in [1.82, 2.24) is 0 Å². The maximum Gasteiger partial charge on any atom is 0.255 e. The molecule has 2 aromatic carbocycles. The Kier molecular flexibility index (Phi) is 5.32. The molecule has 23 heavy (non-hydrogen) atoms. The van der Waals surface area contributed by atoms with E-state index in [0.717, 1.165) is 0 Å². The van der Waals surface area contributed by atoms with E-state index in [1.54, 1.807) is 18.2 Å². The van der Waals surface area contributed by atoms with Crippen molar-refractivity contribution >= 4 is 23.2 Å². The van der Waals surface area contributed by atoms with Gasteiger partial charge in [0, 0.05) is 10.6 Å². The summed E-state index contributed by atoms with van der Waals surface area (Å²) in [6.45, 7) is 8.84. The number of hydrogen-bond donors (Lipinski definition) is 1. The fraction of sp³-hybridized carbons (Fsp3) is 0.316. The Balaban J connectivity index is 2.20.